The van der Waals surface area contributed by atoms with Gasteiger partial charge in [-0.05, 0) is 189 Å². The van der Waals surface area contributed by atoms with Crippen LogP contribution in [-0.4, -0.2) is 208 Å². The Bertz CT molecular complexity index is 5110. The van der Waals surface area contributed by atoms with E-state index in [2.05, 4.69) is 163 Å². The maximum Gasteiger partial charge on any atom is 0.271 e. The largest absolute Gasteiger partial charge is 0.412 e. The van der Waals surface area contributed by atoms with Gasteiger partial charge in [-0.1, -0.05) is 126 Å². The maximum atomic E-state index is 12.1. The van der Waals surface area contributed by atoms with Gasteiger partial charge < -0.3 is 78.3 Å². The second-order valence-electron chi connectivity index (χ2n) is 32.3. The highest BCUT2D eigenvalue weighted by Crippen LogP contribution is 2.44. The van der Waals surface area contributed by atoms with Gasteiger partial charge in [0.15, 0.2) is 0 Å². The van der Waals surface area contributed by atoms with E-state index in [0.717, 1.165) is 201 Å². The third-order valence-corrected chi connectivity index (χ3v) is 33.0. The summed E-state index contributed by atoms with van der Waals surface area (Å²) in [6.07, 6.45) is 18.1. The van der Waals surface area contributed by atoms with E-state index in [1.165, 1.54) is 153 Å². The van der Waals surface area contributed by atoms with Crippen molar-refractivity contribution in [2.24, 2.45) is 43.9 Å². The fourth-order valence-electron chi connectivity index (χ4n) is 15.2. The number of fused-ring (bicyclic) bond motifs is 6. The third kappa shape index (κ3) is 45.7. The number of thioether (sulfide) groups is 7. The van der Waals surface area contributed by atoms with Crippen LogP contribution in [0, 0.1) is 25.6 Å². The number of rotatable bonds is 32. The van der Waals surface area contributed by atoms with E-state index in [9.17, 15) is 25.0 Å². The number of unbranched alkanes of at least 4 members (excludes halogenated alkanes) is 7. The standard InChI is InChI=1S/C18H23N3S2.2C17H22N4S2.C13H16N2O3S.C13H18N2O2S.C13H20N2S.C6H7NS2.C4H8O.CH4O.2CH4.2ClH.HI.H4N2.H2O/c1-2-3-4-9-21-10-12-23-16-8-7-14(13-15(16)21)20-18(19)17-6-5-11-22-17;2*1-2-19-7-8-21-9-11-23-15-6-5-13(12-14(15)21)20-17(18)16-4-3-10-22-16;1-2-3-4-13(16)14-7-8-19-12-6-5-10(15(17)18)9-11(12)14;1-2-3-4-7-14-8-9-18-13-6-5-11(15(16)17)10-12(13)14;1-2-3-4-7-15-8-9-16-13-6-5-11(14)10-12(13)15;1-8-6(7)5-3-2-4-9-5;1-2-4-5-3-1;1-2;;;;;;1-2;/h5-8,11,13H,2-4,9-10,12H2,1H3,(H2,19,20);2*3-6,10,12,19H,2,7-9,11H2,1H3,(H2,18,20);5-6,9H,2-4,7-8H2,1H3;5-6,10H,2-4,7-9H2,1H3;5-6,10H,2-4,7-9,14H2,1H3;2-4,7H,1H3;1-4H2;2H,1H3;2*1H4;3*1H;1-2H2;1H2. The van der Waals surface area contributed by atoms with Crippen LogP contribution in [0.5, 0.6) is 0 Å². The van der Waals surface area contributed by atoms with Gasteiger partial charge in [-0.25, -0.2) is 15.0 Å². The molecule has 0 saturated carbocycles. The molecule has 7 aliphatic rings. The first-order valence-electron chi connectivity index (χ1n) is 48.1. The van der Waals surface area contributed by atoms with E-state index < -0.39 is 4.92 Å². The number of thiophene rings is 4. The predicted octanol–water partition coefficient (Wildman–Crippen LogP) is 25.4. The average molecular weight is 2370 g/mol. The number of aliphatic hydroxyl groups is 1. The van der Waals surface area contributed by atoms with Crippen LogP contribution >= 0.6 is 176 Å². The van der Waals surface area contributed by atoms with Gasteiger partial charge >= 0.3 is 0 Å². The van der Waals surface area contributed by atoms with E-state index in [4.69, 9.17) is 38.2 Å². The number of aliphatic hydroxyl groups excluding tert-OH is 1. The predicted molar refractivity (Wildman–Crippen MR) is 662 cm³/mol. The number of anilines is 7. The topological polar surface area (TPSA) is 425 Å². The molecule has 7 aliphatic heterocycles. The minimum absolute atomic E-state index is 0. The van der Waals surface area contributed by atoms with Crippen molar-refractivity contribution in [2.45, 2.75) is 176 Å². The summed E-state index contributed by atoms with van der Waals surface area (Å²) < 4.78 is 4.94. The van der Waals surface area contributed by atoms with Gasteiger partial charge in [0.25, 0.3) is 11.4 Å². The van der Waals surface area contributed by atoms with E-state index in [1.807, 2.05) is 142 Å². The Kier molecular flexibility index (Phi) is 72.0. The van der Waals surface area contributed by atoms with E-state index in [0.29, 0.717) is 41.2 Å². The number of nitro groups is 2. The summed E-state index contributed by atoms with van der Waals surface area (Å²) in [6, 6.07) is 51.3. The lowest BCUT2D eigenvalue weighted by molar-refractivity contribution is -0.385. The summed E-state index contributed by atoms with van der Waals surface area (Å²) >= 11 is 19.1. The molecule has 0 bridgehead atoms. The second kappa shape index (κ2) is 78.0. The fourth-order valence-corrected chi connectivity index (χ4v) is 24.4. The van der Waals surface area contributed by atoms with Crippen molar-refractivity contribution < 1.29 is 30.0 Å². The molecule has 0 radical (unpaired) electrons. The van der Waals surface area contributed by atoms with Crippen LogP contribution in [0.25, 0.3) is 0 Å². The number of nitrogens with zero attached hydrogens (tertiary/aromatic N) is 11. The minimum Gasteiger partial charge on any atom is -0.412 e. The molecule has 1 fully saturated rings. The van der Waals surface area contributed by atoms with E-state index >= 15 is 0 Å². The Labute approximate surface area is 943 Å². The van der Waals surface area contributed by atoms with Crippen LogP contribution in [0.1, 0.15) is 166 Å². The number of carbonyl (C=O) groups excluding carboxylic acids is 1. The molecule has 1 amide bonds. The monoisotopic (exact) mass is 2360 g/mol. The molecule has 808 valence electrons. The molecule has 1 saturated heterocycles. The number of amidine groups is 3. The zero-order valence-electron chi connectivity index (χ0n) is 84.0. The molecule has 0 atom stereocenters. The van der Waals surface area contributed by atoms with Gasteiger partial charge in [-0.3, -0.25) is 42.1 Å². The molecule has 28 nitrogen and oxygen atoms in total. The van der Waals surface area contributed by atoms with Crippen molar-refractivity contribution in [2.75, 3.05) is 194 Å². The fraction of sp³-hybridized carbons (Fsp3) is 0.452. The van der Waals surface area contributed by atoms with Gasteiger partial charge in [0.05, 0.1) is 80.5 Å². The Morgan fingerprint density at radius 2 is 0.740 bits per heavy atom. The Morgan fingerprint density at radius 3 is 1.05 bits per heavy atom. The quantitative estimate of drug-likeness (QED) is 0.00274. The van der Waals surface area contributed by atoms with E-state index in [1.54, 1.807) is 92.0 Å². The van der Waals surface area contributed by atoms with Crippen LogP contribution in [-0.2, 0) is 9.53 Å². The molecule has 42 heteroatoms. The number of nitrogens with two attached hydrogens (primary N) is 6. The molecule has 0 aliphatic carbocycles. The lowest BCUT2D eigenvalue weighted by Gasteiger charge is -2.31. The highest BCUT2D eigenvalue weighted by atomic mass is 127. The Balaban J connectivity index is 0.000000569. The van der Waals surface area contributed by atoms with Crippen molar-refractivity contribution in [1.82, 2.24) is 10.6 Å². The number of hydrogen-bond donors (Lipinski definition) is 10. The number of nitrogen functional groups attached to an aromatic ring is 1. The first-order valence-corrected chi connectivity index (χ1v) is 58.8. The van der Waals surface area contributed by atoms with Crippen LogP contribution in [0.15, 0.2) is 224 Å². The van der Waals surface area contributed by atoms with Crippen molar-refractivity contribution in [3.63, 3.8) is 0 Å². The molecule has 0 spiro atoms. The number of halogens is 3. The lowest BCUT2D eigenvalue weighted by Crippen LogP contribution is -2.35. The van der Waals surface area contributed by atoms with Crippen molar-refractivity contribution in [1.29, 1.82) is 5.41 Å². The van der Waals surface area contributed by atoms with Gasteiger partial charge in [0.1, 0.15) is 22.6 Å². The molecule has 18 N–H and O–H groups in total. The number of hydrogen-bond acceptors (Lipinski definition) is 32. The number of benzene rings is 6. The average Bonchev–Trinajstić information content (AvgIpc) is 1.37. The van der Waals surface area contributed by atoms with Crippen LogP contribution in [0.3, 0.4) is 0 Å². The number of hydrazine groups is 1. The molecule has 17 rings (SSSR count). The Hall–Kier alpha value is -7.25. The zero-order chi connectivity index (χ0) is 101. The summed E-state index contributed by atoms with van der Waals surface area (Å²) in [4.78, 5) is 72.4. The molecule has 146 heavy (non-hydrogen) atoms. The smallest absolute Gasteiger partial charge is 0.271 e. The summed E-state index contributed by atoms with van der Waals surface area (Å²) in [5.74, 6) is 16.4. The number of ether oxygens (including phenoxy) is 1. The van der Waals surface area contributed by atoms with Crippen LogP contribution < -0.4 is 74.7 Å². The van der Waals surface area contributed by atoms with Gasteiger partial charge in [-0.2, -0.15) is 0 Å². The molecular formula is C104H157Cl2IN20O8S11. The Morgan fingerprint density at radius 1 is 0.438 bits per heavy atom. The van der Waals surface area contributed by atoms with Crippen LogP contribution in [0.4, 0.5) is 68.2 Å². The first kappa shape index (κ1) is 135. The highest BCUT2D eigenvalue weighted by molar-refractivity contribution is 14.0. The third-order valence-electron chi connectivity index (χ3n) is 22.4. The van der Waals surface area contributed by atoms with Crippen LogP contribution in [0.2, 0.25) is 0 Å². The number of aliphatic imine (C=N–C) groups is 3. The number of non-ortho nitro benzene ring substituents is 2. The zero-order valence-corrected chi connectivity index (χ0v) is 96.9. The second-order valence-corrected chi connectivity index (χ2v) is 43.7. The first-order chi connectivity index (χ1) is 68.3. The highest BCUT2D eigenvalue weighted by Gasteiger charge is 2.28. The molecule has 4 aromatic heterocycles. The minimum atomic E-state index is -0.422. The molecule has 10 aromatic rings. The van der Waals surface area contributed by atoms with Crippen molar-refractivity contribution >= 4 is 273 Å². The van der Waals surface area contributed by atoms with Gasteiger partial charge in [-0.15, -0.1) is 176 Å². The maximum absolute atomic E-state index is 12.1. The summed E-state index contributed by atoms with van der Waals surface area (Å²) in [5.41, 5.74) is 35.0. The lowest BCUT2D eigenvalue weighted by atomic mass is 10.2. The number of nitrogens with one attached hydrogen (secondary N) is 3. The molecule has 6 aromatic carbocycles. The normalized spacial score (nSPS) is 13.7. The molecule has 0 unspecified atom stereocenters. The summed E-state index contributed by atoms with van der Waals surface area (Å²) in [6.45, 7) is 30.4. The molecular weight excluding hydrogens is 2210 g/mol. The number of carbonyl (C=O) groups is 1. The summed E-state index contributed by atoms with van der Waals surface area (Å²) in [7, 11) is 1.00. The number of amides is 1. The summed E-state index contributed by atoms with van der Waals surface area (Å²) in [5, 5.41) is 51.5. The SMILES string of the molecule is C.C.C1CCOC1.CCCCC(=O)N1CCSc2ccc([N+](=O)[O-])cc21.CCCCCN1CCSc2ccc(N)cc21.CCCCCN1CCSc2ccc(N=C(N)c3cccs3)cc21.CCCCCN1CCSc2ccc([N+](=O)[O-])cc21.CCNCCN1CCSc2ccc(N=C(N)c3cccs3)cc21.CCNCCN1CCSc2ccc(N=C(N)c3cccs3)cc21.CO.CSC(=N)c1cccs1.Cl.Cl.I.NN.O. The van der Waals surface area contributed by atoms with Gasteiger partial charge in [0, 0.05) is 206 Å². The number of likely N-dealkylation sites (N-methyl/N-ethyl adjacent to an activating group) is 2. The molecule has 11 heterocycles. The van der Waals surface area contributed by atoms with E-state index in [-0.39, 0.29) is 91.3 Å². The van der Waals surface area contributed by atoms with Gasteiger partial charge in [0.2, 0.25) is 5.91 Å². The number of nitro benzene ring substituents is 2. The van der Waals surface area contributed by atoms with Crippen molar-refractivity contribution in [3.8, 4) is 0 Å². The van der Waals surface area contributed by atoms with Crippen molar-refractivity contribution in [3.05, 3.63) is 219 Å².